The number of methoxy groups -OCH3 is 1. The summed E-state index contributed by atoms with van der Waals surface area (Å²) in [5.74, 6) is 0.400. The smallest absolute Gasteiger partial charge is 0.243 e. The normalized spacial score (nSPS) is 16.8. The van der Waals surface area contributed by atoms with Gasteiger partial charge in [0.2, 0.25) is 15.9 Å². The molecule has 8 nitrogen and oxygen atoms in total. The second-order valence-electron chi connectivity index (χ2n) is 7.68. The Hall–Kier alpha value is -2.95. The number of carbonyl (C=O) groups excluding carboxylic acids is 1. The minimum atomic E-state index is -3.87. The summed E-state index contributed by atoms with van der Waals surface area (Å²) in [6.45, 7) is 0.836. The van der Waals surface area contributed by atoms with E-state index in [0.29, 0.717) is 30.8 Å². The Morgan fingerprint density at radius 1 is 1.25 bits per heavy atom. The lowest BCUT2D eigenvalue weighted by molar-refractivity contribution is -0.131. The number of nitrogens with two attached hydrogens (primary N) is 1. The fraction of sp³-hybridized carbons (Fsp3) is 0.273. The van der Waals surface area contributed by atoms with E-state index >= 15 is 0 Å². The van der Waals surface area contributed by atoms with Crippen LogP contribution in [0.2, 0.25) is 0 Å². The van der Waals surface area contributed by atoms with E-state index in [9.17, 15) is 13.2 Å². The van der Waals surface area contributed by atoms with Crippen LogP contribution >= 0.6 is 11.3 Å². The van der Waals surface area contributed by atoms with E-state index in [1.807, 2.05) is 12.1 Å². The predicted molar refractivity (Wildman–Crippen MR) is 125 cm³/mol. The van der Waals surface area contributed by atoms with Crippen molar-refractivity contribution in [2.45, 2.75) is 23.9 Å². The van der Waals surface area contributed by atoms with Crippen LogP contribution in [-0.2, 0) is 21.4 Å². The lowest BCUT2D eigenvalue weighted by atomic mass is 10.1. The molecule has 1 atom stereocenters. The number of likely N-dealkylation sites (tertiary alicyclic amines) is 1. The number of amidine groups is 1. The molecule has 10 heteroatoms. The number of thiophene rings is 1. The van der Waals surface area contributed by atoms with E-state index in [4.69, 9.17) is 15.9 Å². The third-order valence-corrected chi connectivity index (χ3v) is 8.50. The third kappa shape index (κ3) is 4.08. The predicted octanol–water partition coefficient (Wildman–Crippen LogP) is 2.62. The third-order valence-electron chi connectivity index (χ3n) is 5.72. The minimum Gasteiger partial charge on any atom is -0.497 e. The van der Waals surface area contributed by atoms with E-state index in [0.717, 1.165) is 15.6 Å². The highest BCUT2D eigenvalue weighted by molar-refractivity contribution is 7.89. The molecule has 0 spiro atoms. The number of benzene rings is 2. The summed E-state index contributed by atoms with van der Waals surface area (Å²) >= 11 is 1.43. The summed E-state index contributed by atoms with van der Waals surface area (Å²) < 4.78 is 33.0. The van der Waals surface area contributed by atoms with Crippen LogP contribution in [0.4, 0.5) is 0 Å². The van der Waals surface area contributed by atoms with Gasteiger partial charge in [-0.15, -0.1) is 11.3 Å². The SMILES string of the molecule is COc1ccc2ccc(S(=O)(=O)N(C)C3CCN(Cc4cc(C(=N)N)cs4)C3=O)cc2c1. The number of rotatable bonds is 7. The van der Waals surface area contributed by atoms with Crippen LogP contribution in [-0.4, -0.2) is 56.1 Å². The first-order valence-electron chi connectivity index (χ1n) is 9.97. The Kier molecular flexibility index (Phi) is 5.93. The molecule has 1 unspecified atom stereocenters. The molecular formula is C22H24N4O4S2. The number of likely N-dealkylation sites (N-methyl/N-ethyl adjacent to an activating group) is 1. The number of amides is 1. The van der Waals surface area contributed by atoms with Crippen molar-refractivity contribution in [2.24, 2.45) is 5.73 Å². The summed E-state index contributed by atoms with van der Waals surface area (Å²) in [6, 6.07) is 11.4. The summed E-state index contributed by atoms with van der Waals surface area (Å²) in [6.07, 6.45) is 0.418. The van der Waals surface area contributed by atoms with Crippen molar-refractivity contribution in [1.29, 1.82) is 5.41 Å². The lowest BCUT2D eigenvalue weighted by Gasteiger charge is -2.23. The molecule has 1 aromatic heterocycles. The zero-order chi connectivity index (χ0) is 23.0. The van der Waals surface area contributed by atoms with Crippen LogP contribution in [0.15, 0.2) is 52.7 Å². The van der Waals surface area contributed by atoms with Crippen molar-refractivity contribution >= 4 is 43.9 Å². The number of nitrogens with zero attached hydrogens (tertiary/aromatic N) is 2. The fourth-order valence-electron chi connectivity index (χ4n) is 3.83. The van der Waals surface area contributed by atoms with Gasteiger partial charge < -0.3 is 15.4 Å². The molecule has 0 bridgehead atoms. The maximum atomic E-state index is 13.3. The number of fused-ring (bicyclic) bond motifs is 1. The molecule has 3 aromatic rings. The topological polar surface area (TPSA) is 117 Å². The van der Waals surface area contributed by atoms with Gasteiger partial charge in [-0.3, -0.25) is 10.2 Å². The number of carbonyl (C=O) groups is 1. The van der Waals surface area contributed by atoms with Crippen LogP contribution in [0.5, 0.6) is 5.75 Å². The summed E-state index contributed by atoms with van der Waals surface area (Å²) in [5.41, 5.74) is 6.13. The zero-order valence-electron chi connectivity index (χ0n) is 17.7. The first-order valence-corrected chi connectivity index (χ1v) is 12.3. The van der Waals surface area contributed by atoms with Gasteiger partial charge >= 0.3 is 0 Å². The van der Waals surface area contributed by atoms with Crippen LogP contribution in [0.3, 0.4) is 0 Å². The summed E-state index contributed by atoms with van der Waals surface area (Å²) in [5, 5.41) is 10.9. The van der Waals surface area contributed by atoms with E-state index in [1.165, 1.54) is 22.7 Å². The van der Waals surface area contributed by atoms with Gasteiger partial charge in [0.25, 0.3) is 0 Å². The number of hydrogen-bond donors (Lipinski definition) is 2. The molecule has 3 N–H and O–H groups in total. The van der Waals surface area contributed by atoms with Crippen LogP contribution in [0.25, 0.3) is 10.8 Å². The number of nitrogen functional groups attached to an aromatic ring is 1. The van der Waals surface area contributed by atoms with Gasteiger partial charge in [0.15, 0.2) is 0 Å². The maximum Gasteiger partial charge on any atom is 0.243 e. The van der Waals surface area contributed by atoms with Crippen LogP contribution < -0.4 is 10.5 Å². The van der Waals surface area contributed by atoms with E-state index in [2.05, 4.69) is 0 Å². The molecule has 32 heavy (non-hydrogen) atoms. The van der Waals surface area contributed by atoms with Gasteiger partial charge in [0.05, 0.1) is 18.6 Å². The average Bonchev–Trinajstić information content (AvgIpc) is 3.40. The van der Waals surface area contributed by atoms with Crippen molar-refractivity contribution < 1.29 is 17.9 Å². The number of nitrogens with one attached hydrogen (secondary N) is 1. The van der Waals surface area contributed by atoms with Gasteiger partial charge in [-0.25, -0.2) is 8.42 Å². The van der Waals surface area contributed by atoms with E-state index in [-0.39, 0.29) is 16.6 Å². The van der Waals surface area contributed by atoms with Crippen LogP contribution in [0.1, 0.15) is 16.9 Å². The van der Waals surface area contributed by atoms with Gasteiger partial charge in [-0.1, -0.05) is 12.1 Å². The first-order chi connectivity index (χ1) is 15.2. The lowest BCUT2D eigenvalue weighted by Crippen LogP contribution is -2.42. The molecule has 0 radical (unpaired) electrons. The number of ether oxygens (including phenoxy) is 1. The Morgan fingerprint density at radius 3 is 2.69 bits per heavy atom. The monoisotopic (exact) mass is 472 g/mol. The first kappa shape index (κ1) is 22.3. The van der Waals surface area contributed by atoms with Crippen molar-refractivity contribution in [3.05, 3.63) is 58.3 Å². The van der Waals surface area contributed by atoms with Crippen LogP contribution in [0, 0.1) is 5.41 Å². The quantitative estimate of drug-likeness (QED) is 0.405. The number of hydrogen-bond acceptors (Lipinski definition) is 6. The second kappa shape index (κ2) is 8.53. The van der Waals surface area contributed by atoms with Gasteiger partial charge in [0, 0.05) is 29.4 Å². The summed E-state index contributed by atoms with van der Waals surface area (Å²) in [7, 11) is -0.853. The van der Waals surface area contributed by atoms with Gasteiger partial charge in [-0.05, 0) is 47.5 Å². The highest BCUT2D eigenvalue weighted by Crippen LogP contribution is 2.28. The molecular weight excluding hydrogens is 448 g/mol. The Bertz CT molecular complexity index is 1300. The molecule has 4 rings (SSSR count). The standard InChI is InChI=1S/C22H24N4O4S2/c1-25(20-7-8-26(22(20)27)12-18-10-16(13-31-18)21(23)24)32(28,29)19-6-4-14-3-5-17(30-2)9-15(14)11-19/h3-6,9-11,13,20H,7-8,12H2,1-2H3,(H3,23,24). The summed E-state index contributed by atoms with van der Waals surface area (Å²) in [4.78, 5) is 15.7. The molecule has 1 fully saturated rings. The fourth-order valence-corrected chi connectivity index (χ4v) is 6.11. The highest BCUT2D eigenvalue weighted by Gasteiger charge is 2.39. The molecule has 0 saturated carbocycles. The van der Waals surface area contributed by atoms with Crippen molar-refractivity contribution in [3.8, 4) is 5.75 Å². The Morgan fingerprint density at radius 2 is 2.00 bits per heavy atom. The molecule has 1 aliphatic rings. The van der Waals surface area contributed by atoms with Gasteiger partial charge in [0.1, 0.15) is 17.6 Å². The van der Waals surface area contributed by atoms with E-state index < -0.39 is 16.1 Å². The van der Waals surface area contributed by atoms with Gasteiger partial charge in [-0.2, -0.15) is 4.31 Å². The molecule has 1 amide bonds. The maximum absolute atomic E-state index is 13.3. The van der Waals surface area contributed by atoms with E-state index in [1.54, 1.807) is 47.7 Å². The molecule has 0 aliphatic carbocycles. The largest absolute Gasteiger partial charge is 0.497 e. The molecule has 2 heterocycles. The Balaban J connectivity index is 1.54. The van der Waals surface area contributed by atoms with Crippen molar-refractivity contribution in [3.63, 3.8) is 0 Å². The highest BCUT2D eigenvalue weighted by atomic mass is 32.2. The average molecular weight is 473 g/mol. The molecule has 2 aromatic carbocycles. The molecule has 168 valence electrons. The van der Waals surface area contributed by atoms with Crippen molar-refractivity contribution in [1.82, 2.24) is 9.21 Å². The molecule has 1 aliphatic heterocycles. The molecule has 1 saturated heterocycles. The Labute approximate surface area is 190 Å². The number of sulfonamides is 1. The zero-order valence-corrected chi connectivity index (χ0v) is 19.4. The minimum absolute atomic E-state index is 0.0167. The second-order valence-corrected chi connectivity index (χ2v) is 10.7. The van der Waals surface area contributed by atoms with Crippen molar-refractivity contribution in [2.75, 3.05) is 20.7 Å².